The van der Waals surface area contributed by atoms with E-state index in [0.29, 0.717) is 0 Å². The third-order valence-corrected chi connectivity index (χ3v) is 5.83. The summed E-state index contributed by atoms with van der Waals surface area (Å²) in [5.74, 6) is 2.75. The lowest BCUT2D eigenvalue weighted by atomic mass is 9.78. The average Bonchev–Trinajstić information content (AvgIpc) is 2.68. The summed E-state index contributed by atoms with van der Waals surface area (Å²) in [5, 5.41) is 0. The van der Waals surface area contributed by atoms with E-state index >= 15 is 0 Å². The van der Waals surface area contributed by atoms with Crippen LogP contribution in [0.3, 0.4) is 0 Å². The lowest BCUT2D eigenvalue weighted by Gasteiger charge is -2.28. The molecule has 1 aromatic carbocycles. The highest BCUT2D eigenvalue weighted by Gasteiger charge is 2.20. The first-order chi connectivity index (χ1) is 12.3. The van der Waals surface area contributed by atoms with Gasteiger partial charge in [0.15, 0.2) is 5.82 Å². The summed E-state index contributed by atoms with van der Waals surface area (Å²) in [6.45, 7) is 4.49. The highest BCUT2D eigenvalue weighted by Crippen LogP contribution is 2.33. The first-order valence-corrected chi connectivity index (χ1v) is 10.2. The third-order valence-electron chi connectivity index (χ3n) is 5.83. The van der Waals surface area contributed by atoms with Gasteiger partial charge in [0.1, 0.15) is 0 Å². The average molecular weight is 337 g/mol. The summed E-state index contributed by atoms with van der Waals surface area (Å²) in [4.78, 5) is 9.19. The zero-order valence-corrected chi connectivity index (χ0v) is 15.9. The Hall–Kier alpha value is -1.70. The Bertz CT molecular complexity index is 622. The molecule has 1 fully saturated rings. The second-order valence-corrected chi connectivity index (χ2v) is 7.68. The van der Waals surface area contributed by atoms with Crippen LogP contribution in [0.4, 0.5) is 0 Å². The Labute approximate surface area is 153 Å². The van der Waals surface area contributed by atoms with Crippen molar-refractivity contribution in [2.24, 2.45) is 11.8 Å². The van der Waals surface area contributed by atoms with Crippen molar-refractivity contribution in [3.8, 4) is 11.4 Å². The molecular weight excluding hydrogens is 304 g/mol. The number of rotatable bonds is 7. The van der Waals surface area contributed by atoms with Crippen molar-refractivity contribution in [3.05, 3.63) is 47.8 Å². The van der Waals surface area contributed by atoms with Crippen LogP contribution in [0.5, 0.6) is 0 Å². The van der Waals surface area contributed by atoms with Crippen molar-refractivity contribution >= 4 is 0 Å². The Kier molecular flexibility index (Phi) is 6.61. The van der Waals surface area contributed by atoms with Crippen molar-refractivity contribution < 1.29 is 0 Å². The van der Waals surface area contributed by atoms with Crippen molar-refractivity contribution in [1.82, 2.24) is 9.97 Å². The molecule has 0 saturated heterocycles. The van der Waals surface area contributed by atoms with E-state index in [0.717, 1.165) is 36.1 Å². The molecule has 0 spiro atoms. The van der Waals surface area contributed by atoms with Crippen LogP contribution in [0.15, 0.2) is 36.7 Å². The zero-order valence-electron chi connectivity index (χ0n) is 15.9. The fourth-order valence-corrected chi connectivity index (χ4v) is 4.11. The minimum absolute atomic E-state index is 0.839. The molecule has 0 N–H and O–H groups in total. The monoisotopic (exact) mass is 336 g/mol. The summed E-state index contributed by atoms with van der Waals surface area (Å²) in [7, 11) is 0. The Morgan fingerprint density at radius 2 is 1.40 bits per heavy atom. The Morgan fingerprint density at radius 3 is 1.96 bits per heavy atom. The smallest absolute Gasteiger partial charge is 0.159 e. The molecule has 0 unspecified atom stereocenters. The standard InChI is InChI=1S/C23H32N2/c1-3-5-19-6-8-20(9-7-19)10-11-21-16-24-23(25-17-21)22-14-12-18(4-2)13-15-22/h12-17,19-20H,3-11H2,1-2H3. The fraction of sp³-hybridized carbons (Fsp3) is 0.565. The van der Waals surface area contributed by atoms with Gasteiger partial charge < -0.3 is 0 Å². The van der Waals surface area contributed by atoms with Crippen LogP contribution >= 0.6 is 0 Å². The topological polar surface area (TPSA) is 25.8 Å². The molecule has 1 heterocycles. The van der Waals surface area contributed by atoms with Gasteiger partial charge >= 0.3 is 0 Å². The van der Waals surface area contributed by atoms with E-state index in [1.54, 1.807) is 0 Å². The molecule has 1 aliphatic rings. The fourth-order valence-electron chi connectivity index (χ4n) is 4.11. The molecule has 1 aliphatic carbocycles. The van der Waals surface area contributed by atoms with Crippen LogP contribution in [-0.2, 0) is 12.8 Å². The molecule has 0 atom stereocenters. The van der Waals surface area contributed by atoms with E-state index in [9.17, 15) is 0 Å². The van der Waals surface area contributed by atoms with Crippen LogP contribution in [0, 0.1) is 11.8 Å². The molecule has 0 bridgehead atoms. The van der Waals surface area contributed by atoms with Crippen molar-refractivity contribution in [3.63, 3.8) is 0 Å². The number of hydrogen-bond donors (Lipinski definition) is 0. The van der Waals surface area contributed by atoms with Crippen molar-refractivity contribution in [2.45, 2.75) is 71.6 Å². The van der Waals surface area contributed by atoms with Gasteiger partial charge in [-0.25, -0.2) is 9.97 Å². The summed E-state index contributed by atoms with van der Waals surface area (Å²) < 4.78 is 0. The van der Waals surface area contributed by atoms with Gasteiger partial charge in [-0.15, -0.1) is 0 Å². The maximum atomic E-state index is 4.59. The maximum Gasteiger partial charge on any atom is 0.159 e. The van der Waals surface area contributed by atoms with E-state index < -0.39 is 0 Å². The van der Waals surface area contributed by atoms with Crippen LogP contribution in [-0.4, -0.2) is 9.97 Å². The second kappa shape index (κ2) is 9.12. The molecule has 2 aromatic rings. The molecule has 3 rings (SSSR count). The summed E-state index contributed by atoms with van der Waals surface area (Å²) in [6, 6.07) is 8.59. The normalized spacial score (nSPS) is 20.6. The number of benzene rings is 1. The lowest BCUT2D eigenvalue weighted by molar-refractivity contribution is 0.252. The van der Waals surface area contributed by atoms with E-state index in [4.69, 9.17) is 0 Å². The van der Waals surface area contributed by atoms with E-state index in [1.165, 1.54) is 56.1 Å². The number of aryl methyl sites for hydroxylation is 2. The van der Waals surface area contributed by atoms with Gasteiger partial charge in [0, 0.05) is 18.0 Å². The minimum atomic E-state index is 0.839. The van der Waals surface area contributed by atoms with Gasteiger partial charge in [0.25, 0.3) is 0 Å². The molecule has 1 aromatic heterocycles. The maximum absolute atomic E-state index is 4.59. The van der Waals surface area contributed by atoms with E-state index in [1.807, 2.05) is 12.4 Å². The second-order valence-electron chi connectivity index (χ2n) is 7.68. The molecule has 1 saturated carbocycles. The molecule has 0 radical (unpaired) electrons. The predicted molar refractivity (Wildman–Crippen MR) is 106 cm³/mol. The van der Waals surface area contributed by atoms with Gasteiger partial charge in [-0.05, 0) is 42.2 Å². The largest absolute Gasteiger partial charge is 0.236 e. The van der Waals surface area contributed by atoms with Gasteiger partial charge in [0.2, 0.25) is 0 Å². The number of nitrogens with zero attached hydrogens (tertiary/aromatic N) is 2. The summed E-state index contributed by atoms with van der Waals surface area (Å²) in [5.41, 5.74) is 3.75. The highest BCUT2D eigenvalue weighted by atomic mass is 14.9. The highest BCUT2D eigenvalue weighted by molar-refractivity contribution is 5.55. The third kappa shape index (κ3) is 5.14. The minimum Gasteiger partial charge on any atom is -0.236 e. The summed E-state index contributed by atoms with van der Waals surface area (Å²) >= 11 is 0. The van der Waals surface area contributed by atoms with Gasteiger partial charge in [-0.3, -0.25) is 0 Å². The van der Waals surface area contributed by atoms with Gasteiger partial charge in [-0.1, -0.05) is 76.6 Å². The van der Waals surface area contributed by atoms with Crippen LogP contribution in [0.25, 0.3) is 11.4 Å². The van der Waals surface area contributed by atoms with Crippen LogP contribution < -0.4 is 0 Å². The van der Waals surface area contributed by atoms with Gasteiger partial charge in [-0.2, -0.15) is 0 Å². The number of hydrogen-bond acceptors (Lipinski definition) is 2. The Morgan fingerprint density at radius 1 is 0.800 bits per heavy atom. The molecule has 2 heteroatoms. The SMILES string of the molecule is CCCC1CCC(CCc2cnc(-c3ccc(CC)cc3)nc2)CC1. The Balaban J connectivity index is 1.49. The molecule has 25 heavy (non-hydrogen) atoms. The van der Waals surface area contributed by atoms with Crippen molar-refractivity contribution in [2.75, 3.05) is 0 Å². The van der Waals surface area contributed by atoms with Crippen LogP contribution in [0.2, 0.25) is 0 Å². The molecule has 0 amide bonds. The van der Waals surface area contributed by atoms with Crippen molar-refractivity contribution in [1.29, 1.82) is 0 Å². The zero-order chi connectivity index (χ0) is 17.5. The molecular formula is C23H32N2. The van der Waals surface area contributed by atoms with E-state index in [2.05, 4.69) is 48.1 Å². The van der Waals surface area contributed by atoms with E-state index in [-0.39, 0.29) is 0 Å². The quantitative estimate of drug-likeness (QED) is 0.597. The molecule has 2 nitrogen and oxygen atoms in total. The predicted octanol–water partition coefficient (Wildman–Crippen LogP) is 6.25. The number of aromatic nitrogens is 2. The molecule has 0 aliphatic heterocycles. The lowest BCUT2D eigenvalue weighted by Crippen LogP contribution is -2.15. The molecule has 134 valence electrons. The van der Waals surface area contributed by atoms with Crippen LogP contribution in [0.1, 0.15) is 69.9 Å². The first kappa shape index (κ1) is 18.1. The van der Waals surface area contributed by atoms with Gasteiger partial charge in [0.05, 0.1) is 0 Å². The first-order valence-electron chi connectivity index (χ1n) is 10.2. The summed E-state index contributed by atoms with van der Waals surface area (Å²) in [6.07, 6.45) is 16.1.